The van der Waals surface area contributed by atoms with E-state index in [-0.39, 0.29) is 11.3 Å². The van der Waals surface area contributed by atoms with Crippen LogP contribution in [0.2, 0.25) is 5.02 Å². The zero-order valence-electron chi connectivity index (χ0n) is 18.0. The highest BCUT2D eigenvalue weighted by atomic mass is 127. The second kappa shape index (κ2) is 11.0. The van der Waals surface area contributed by atoms with Crippen LogP contribution in [0.1, 0.15) is 47.8 Å². The standard InChI is InChI=1S/C25H23ClI2N2O2/c1-25(2,3)19-8-6-18(7-9-19)24(31)30-29-14-17-12-21(27)23(22(28)13-17)32-15-16-4-10-20(26)11-5-16/h4-14H,15H2,1-3H3,(H,30,31)/b29-14-. The average Bonchev–Trinajstić information content (AvgIpc) is 2.74. The molecule has 0 bridgehead atoms. The van der Waals surface area contributed by atoms with Gasteiger partial charge in [-0.3, -0.25) is 4.79 Å². The molecule has 0 saturated heterocycles. The first kappa shape index (κ1) is 25.0. The second-order valence-electron chi connectivity index (χ2n) is 8.26. The lowest BCUT2D eigenvalue weighted by molar-refractivity contribution is 0.0955. The Bertz CT molecular complexity index is 1100. The predicted molar refractivity (Wildman–Crippen MR) is 148 cm³/mol. The molecule has 0 aliphatic carbocycles. The van der Waals surface area contributed by atoms with Crippen LogP contribution in [-0.4, -0.2) is 12.1 Å². The average molecular weight is 673 g/mol. The second-order valence-corrected chi connectivity index (χ2v) is 11.0. The fraction of sp³-hybridized carbons (Fsp3) is 0.200. The van der Waals surface area contributed by atoms with Crippen LogP contribution in [0.3, 0.4) is 0 Å². The van der Waals surface area contributed by atoms with E-state index in [1.807, 2.05) is 60.7 Å². The molecule has 0 aliphatic rings. The van der Waals surface area contributed by atoms with E-state index in [9.17, 15) is 4.79 Å². The van der Waals surface area contributed by atoms with Crippen molar-refractivity contribution in [2.75, 3.05) is 0 Å². The molecule has 1 N–H and O–H groups in total. The zero-order chi connectivity index (χ0) is 23.3. The SMILES string of the molecule is CC(C)(C)c1ccc(C(=O)N/N=C\c2cc(I)c(OCc3ccc(Cl)cc3)c(I)c2)cc1. The number of hydrogen-bond acceptors (Lipinski definition) is 3. The van der Waals surface area contributed by atoms with E-state index < -0.39 is 0 Å². The number of ether oxygens (including phenoxy) is 1. The van der Waals surface area contributed by atoms with Crippen molar-refractivity contribution >= 4 is 68.9 Å². The van der Waals surface area contributed by atoms with Crippen LogP contribution >= 0.6 is 56.8 Å². The third kappa shape index (κ3) is 6.92. The lowest BCUT2D eigenvalue weighted by Gasteiger charge is -2.18. The Kier molecular flexibility index (Phi) is 8.57. The Morgan fingerprint density at radius 2 is 1.62 bits per heavy atom. The molecule has 0 radical (unpaired) electrons. The molecule has 3 rings (SSSR count). The minimum atomic E-state index is -0.242. The van der Waals surface area contributed by atoms with Gasteiger partial charge < -0.3 is 4.74 Å². The number of rotatable bonds is 6. The van der Waals surface area contributed by atoms with Gasteiger partial charge in [-0.15, -0.1) is 0 Å². The first-order chi connectivity index (χ1) is 15.1. The van der Waals surface area contributed by atoms with Gasteiger partial charge >= 0.3 is 0 Å². The van der Waals surface area contributed by atoms with Crippen molar-refractivity contribution in [3.05, 3.63) is 95.1 Å². The maximum absolute atomic E-state index is 12.4. The highest BCUT2D eigenvalue weighted by molar-refractivity contribution is 14.1. The van der Waals surface area contributed by atoms with Gasteiger partial charge in [0.1, 0.15) is 12.4 Å². The van der Waals surface area contributed by atoms with Crippen molar-refractivity contribution in [2.45, 2.75) is 32.8 Å². The number of amides is 1. The number of carbonyl (C=O) groups excluding carboxylic acids is 1. The van der Waals surface area contributed by atoms with Gasteiger partial charge in [0.2, 0.25) is 0 Å². The van der Waals surface area contributed by atoms with Crippen molar-refractivity contribution in [2.24, 2.45) is 5.10 Å². The maximum Gasteiger partial charge on any atom is 0.271 e. The van der Waals surface area contributed by atoms with Crippen molar-refractivity contribution in [1.82, 2.24) is 5.43 Å². The molecule has 0 unspecified atom stereocenters. The smallest absolute Gasteiger partial charge is 0.271 e. The van der Waals surface area contributed by atoms with Gasteiger partial charge in [-0.25, -0.2) is 5.43 Å². The number of halogens is 3. The third-order valence-corrected chi connectivity index (χ3v) is 6.56. The van der Waals surface area contributed by atoms with E-state index in [2.05, 4.69) is 76.5 Å². The molecule has 0 spiro atoms. The number of hydrogen-bond donors (Lipinski definition) is 1. The molecule has 0 fully saturated rings. The Labute approximate surface area is 221 Å². The number of carbonyl (C=O) groups is 1. The van der Waals surface area contributed by atoms with E-state index in [4.69, 9.17) is 16.3 Å². The van der Waals surface area contributed by atoms with Gasteiger partial charge in [-0.1, -0.05) is 56.6 Å². The minimum Gasteiger partial charge on any atom is -0.487 e. The van der Waals surface area contributed by atoms with Gasteiger partial charge in [0.05, 0.1) is 13.4 Å². The molecule has 0 aromatic heterocycles. The quantitative estimate of drug-likeness (QED) is 0.171. The summed E-state index contributed by atoms with van der Waals surface area (Å²) < 4.78 is 7.94. The normalized spacial score (nSPS) is 11.6. The van der Waals surface area contributed by atoms with Gasteiger partial charge in [-0.05, 0) is 104 Å². The van der Waals surface area contributed by atoms with E-state index >= 15 is 0 Å². The molecule has 3 aromatic rings. The van der Waals surface area contributed by atoms with Crippen molar-refractivity contribution in [3.63, 3.8) is 0 Å². The summed E-state index contributed by atoms with van der Waals surface area (Å²) in [7, 11) is 0. The van der Waals surface area contributed by atoms with Crippen molar-refractivity contribution in [3.8, 4) is 5.75 Å². The summed E-state index contributed by atoms with van der Waals surface area (Å²) in [4.78, 5) is 12.4. The molecular formula is C25H23ClI2N2O2. The summed E-state index contributed by atoms with van der Waals surface area (Å²) in [5.74, 6) is 0.579. The van der Waals surface area contributed by atoms with E-state index in [1.54, 1.807) is 6.21 Å². The van der Waals surface area contributed by atoms with E-state index in [0.717, 1.165) is 24.0 Å². The van der Waals surface area contributed by atoms with Crippen LogP contribution in [0.25, 0.3) is 0 Å². The number of benzene rings is 3. The Morgan fingerprint density at radius 3 is 2.19 bits per heavy atom. The summed E-state index contributed by atoms with van der Waals surface area (Å²) in [6.45, 7) is 6.88. The number of nitrogens with zero attached hydrogens (tertiary/aromatic N) is 1. The van der Waals surface area contributed by atoms with Gasteiger partial charge in [0, 0.05) is 10.6 Å². The highest BCUT2D eigenvalue weighted by Crippen LogP contribution is 2.29. The third-order valence-electron chi connectivity index (χ3n) is 4.71. The lowest BCUT2D eigenvalue weighted by atomic mass is 9.87. The molecule has 1 amide bonds. The fourth-order valence-electron chi connectivity index (χ4n) is 2.88. The predicted octanol–water partition coefficient (Wildman–Crippen LogP) is 7.19. The van der Waals surface area contributed by atoms with Crippen LogP contribution in [-0.2, 0) is 12.0 Å². The fourth-order valence-corrected chi connectivity index (χ4v) is 5.13. The van der Waals surface area contributed by atoms with Crippen LogP contribution in [0.15, 0.2) is 65.8 Å². The summed E-state index contributed by atoms with van der Waals surface area (Å²) in [5.41, 5.74) is 6.32. The molecule has 7 heteroatoms. The zero-order valence-corrected chi connectivity index (χ0v) is 23.0. The largest absolute Gasteiger partial charge is 0.487 e. The molecular weight excluding hydrogens is 650 g/mol. The molecule has 0 atom stereocenters. The van der Waals surface area contributed by atoms with E-state index in [1.165, 1.54) is 5.56 Å². The summed E-state index contributed by atoms with van der Waals surface area (Å²) in [6.07, 6.45) is 1.63. The number of hydrazone groups is 1. The number of nitrogens with one attached hydrogen (secondary N) is 1. The minimum absolute atomic E-state index is 0.0478. The Balaban J connectivity index is 1.62. The van der Waals surface area contributed by atoms with Crippen molar-refractivity contribution in [1.29, 1.82) is 0 Å². The first-order valence-corrected chi connectivity index (χ1v) is 12.5. The van der Waals surface area contributed by atoms with Crippen LogP contribution in [0.5, 0.6) is 5.75 Å². The van der Waals surface area contributed by atoms with Crippen molar-refractivity contribution < 1.29 is 9.53 Å². The van der Waals surface area contributed by atoms with Crippen LogP contribution < -0.4 is 10.2 Å². The van der Waals surface area contributed by atoms with E-state index in [0.29, 0.717) is 17.2 Å². The summed E-state index contributed by atoms with van der Waals surface area (Å²) >= 11 is 10.4. The topological polar surface area (TPSA) is 50.7 Å². The molecule has 166 valence electrons. The first-order valence-electron chi connectivity index (χ1n) is 9.94. The highest BCUT2D eigenvalue weighted by Gasteiger charge is 2.14. The van der Waals surface area contributed by atoms with Crippen LogP contribution in [0.4, 0.5) is 0 Å². The molecule has 32 heavy (non-hydrogen) atoms. The summed E-state index contributed by atoms with van der Waals surface area (Å²) in [5, 5.41) is 4.82. The summed E-state index contributed by atoms with van der Waals surface area (Å²) in [6, 6.07) is 19.1. The molecule has 3 aromatic carbocycles. The maximum atomic E-state index is 12.4. The molecule has 4 nitrogen and oxygen atoms in total. The van der Waals surface area contributed by atoms with Gasteiger partial charge in [0.15, 0.2) is 0 Å². The van der Waals surface area contributed by atoms with Gasteiger partial charge in [-0.2, -0.15) is 5.10 Å². The van der Waals surface area contributed by atoms with Gasteiger partial charge in [0.25, 0.3) is 5.91 Å². The Hall–Kier alpha value is -1.65. The molecule has 0 aliphatic heterocycles. The molecule has 0 saturated carbocycles. The van der Waals surface area contributed by atoms with Crippen LogP contribution in [0, 0.1) is 7.14 Å². The monoisotopic (exact) mass is 672 g/mol. The molecule has 0 heterocycles. The lowest BCUT2D eigenvalue weighted by Crippen LogP contribution is -2.18. The Morgan fingerprint density at radius 1 is 1.03 bits per heavy atom.